The standard InChI is InChI=1S/C21H16ClFN2O3/c22-19-10-7-16(11-18(19)21(26)27)25-24-12-14-5-8-17(9-6-14)28-13-15-3-1-2-4-20(15)23/h1-12,25H,13H2,(H,26,27)/p-1/b24-12-. The van der Waals surface area contributed by atoms with Crippen molar-refractivity contribution in [3.63, 3.8) is 0 Å². The Balaban J connectivity index is 1.57. The molecule has 0 unspecified atom stereocenters. The fourth-order valence-electron chi connectivity index (χ4n) is 2.36. The Morgan fingerprint density at radius 3 is 2.61 bits per heavy atom. The molecule has 5 nitrogen and oxygen atoms in total. The Bertz CT molecular complexity index is 1010. The van der Waals surface area contributed by atoms with E-state index in [1.807, 2.05) is 0 Å². The highest BCUT2D eigenvalue weighted by molar-refractivity contribution is 6.33. The van der Waals surface area contributed by atoms with Gasteiger partial charge in [0.25, 0.3) is 0 Å². The lowest BCUT2D eigenvalue weighted by Crippen LogP contribution is -2.22. The van der Waals surface area contributed by atoms with Crippen molar-refractivity contribution in [1.82, 2.24) is 0 Å². The van der Waals surface area contributed by atoms with Crippen LogP contribution < -0.4 is 15.3 Å². The summed E-state index contributed by atoms with van der Waals surface area (Å²) in [5.74, 6) is -1.06. The van der Waals surface area contributed by atoms with Gasteiger partial charge in [0, 0.05) is 16.1 Å². The quantitative estimate of drug-likeness (QED) is 0.485. The summed E-state index contributed by atoms with van der Waals surface area (Å²) in [5, 5.41) is 15.1. The molecule has 0 fully saturated rings. The van der Waals surface area contributed by atoms with Crippen molar-refractivity contribution < 1.29 is 19.0 Å². The van der Waals surface area contributed by atoms with Crippen molar-refractivity contribution in [2.24, 2.45) is 5.10 Å². The van der Waals surface area contributed by atoms with E-state index >= 15 is 0 Å². The summed E-state index contributed by atoms with van der Waals surface area (Å²) in [6, 6.07) is 17.9. The average molecular weight is 398 g/mol. The molecule has 0 bridgehead atoms. The third kappa shape index (κ3) is 5.08. The van der Waals surface area contributed by atoms with Gasteiger partial charge < -0.3 is 14.6 Å². The lowest BCUT2D eigenvalue weighted by molar-refractivity contribution is -0.255. The number of ether oxygens (including phenoxy) is 1. The number of benzene rings is 3. The Labute approximate surface area is 166 Å². The molecule has 0 saturated carbocycles. The monoisotopic (exact) mass is 397 g/mol. The first kappa shape index (κ1) is 19.4. The Kier molecular flexibility index (Phi) is 6.24. The molecule has 0 saturated heterocycles. The van der Waals surface area contributed by atoms with E-state index in [0.29, 0.717) is 17.0 Å². The number of anilines is 1. The topological polar surface area (TPSA) is 73.8 Å². The molecule has 0 aromatic heterocycles. The highest BCUT2D eigenvalue weighted by Crippen LogP contribution is 2.20. The number of carbonyl (C=O) groups is 1. The Hall–Kier alpha value is -3.38. The van der Waals surface area contributed by atoms with Crippen LogP contribution in [0.1, 0.15) is 21.5 Å². The van der Waals surface area contributed by atoms with Crippen molar-refractivity contribution in [2.45, 2.75) is 6.61 Å². The summed E-state index contributed by atoms with van der Waals surface area (Å²) in [7, 11) is 0. The maximum absolute atomic E-state index is 13.6. The highest BCUT2D eigenvalue weighted by Gasteiger charge is 2.03. The van der Waals surface area contributed by atoms with Crippen LogP contribution in [0.2, 0.25) is 5.02 Å². The molecule has 7 heteroatoms. The molecule has 1 N–H and O–H groups in total. The van der Waals surface area contributed by atoms with Gasteiger partial charge in [-0.05, 0) is 54.1 Å². The Morgan fingerprint density at radius 2 is 1.89 bits per heavy atom. The second-order valence-corrected chi connectivity index (χ2v) is 6.21. The Morgan fingerprint density at radius 1 is 1.14 bits per heavy atom. The molecular weight excluding hydrogens is 383 g/mol. The van der Waals surface area contributed by atoms with Crippen LogP contribution in [0.4, 0.5) is 10.1 Å². The van der Waals surface area contributed by atoms with Gasteiger partial charge in [0.05, 0.1) is 17.9 Å². The number of aromatic carboxylic acids is 1. The summed E-state index contributed by atoms with van der Waals surface area (Å²) in [4.78, 5) is 11.0. The fourth-order valence-corrected chi connectivity index (χ4v) is 2.55. The minimum Gasteiger partial charge on any atom is -0.545 e. The zero-order valence-electron chi connectivity index (χ0n) is 14.6. The lowest BCUT2D eigenvalue weighted by Gasteiger charge is -2.08. The van der Waals surface area contributed by atoms with Gasteiger partial charge in [0.1, 0.15) is 18.2 Å². The summed E-state index contributed by atoms with van der Waals surface area (Å²) in [5.41, 5.74) is 4.35. The number of halogens is 2. The number of carbonyl (C=O) groups excluding carboxylic acids is 1. The molecule has 0 aliphatic rings. The maximum Gasteiger partial charge on any atom is 0.129 e. The SMILES string of the molecule is O=C([O-])c1cc(N/N=C\c2ccc(OCc3ccccc3F)cc2)ccc1Cl. The molecule has 0 atom stereocenters. The number of nitrogens with one attached hydrogen (secondary N) is 1. The molecule has 0 spiro atoms. The maximum atomic E-state index is 13.6. The summed E-state index contributed by atoms with van der Waals surface area (Å²) in [6.07, 6.45) is 1.56. The zero-order valence-corrected chi connectivity index (χ0v) is 15.3. The molecule has 0 aliphatic heterocycles. The number of rotatable bonds is 7. The normalized spacial score (nSPS) is 10.8. The largest absolute Gasteiger partial charge is 0.545 e. The summed E-state index contributed by atoms with van der Waals surface area (Å²) < 4.78 is 19.2. The van der Waals surface area contributed by atoms with Crippen molar-refractivity contribution in [3.05, 3.63) is 94.3 Å². The predicted molar refractivity (Wildman–Crippen MR) is 104 cm³/mol. The van der Waals surface area contributed by atoms with Crippen LogP contribution in [0.3, 0.4) is 0 Å². The van der Waals surface area contributed by atoms with Crippen LogP contribution in [0.5, 0.6) is 5.75 Å². The molecular formula is C21H15ClFN2O3-. The van der Waals surface area contributed by atoms with Gasteiger partial charge in [-0.2, -0.15) is 5.10 Å². The van der Waals surface area contributed by atoms with Crippen molar-refractivity contribution in [1.29, 1.82) is 0 Å². The van der Waals surface area contributed by atoms with Crippen molar-refractivity contribution in [2.75, 3.05) is 5.43 Å². The minimum atomic E-state index is -1.36. The average Bonchev–Trinajstić information content (AvgIpc) is 2.69. The van der Waals surface area contributed by atoms with Gasteiger partial charge in [-0.3, -0.25) is 5.43 Å². The number of carboxylic acid groups (broad SMARTS) is 1. The summed E-state index contributed by atoms with van der Waals surface area (Å²) in [6.45, 7) is 0.138. The lowest BCUT2D eigenvalue weighted by atomic mass is 10.2. The first-order valence-electron chi connectivity index (χ1n) is 8.29. The molecule has 0 radical (unpaired) electrons. The van der Waals surface area contributed by atoms with Gasteiger partial charge in [-0.1, -0.05) is 29.8 Å². The van der Waals surface area contributed by atoms with Crippen LogP contribution >= 0.6 is 11.6 Å². The number of nitrogens with zero attached hydrogens (tertiary/aromatic N) is 1. The van der Waals surface area contributed by atoms with E-state index in [1.54, 1.807) is 54.7 Å². The van der Waals surface area contributed by atoms with Gasteiger partial charge in [-0.15, -0.1) is 0 Å². The molecule has 3 rings (SSSR count). The van der Waals surface area contributed by atoms with Crippen LogP contribution in [-0.2, 0) is 6.61 Å². The predicted octanol–water partition coefficient (Wildman–Crippen LogP) is 3.87. The molecule has 0 heterocycles. The molecule has 28 heavy (non-hydrogen) atoms. The van der Waals surface area contributed by atoms with Gasteiger partial charge >= 0.3 is 0 Å². The molecule has 142 valence electrons. The number of hydrazone groups is 1. The van der Waals surface area contributed by atoms with Crippen molar-refractivity contribution >= 4 is 29.5 Å². The van der Waals surface area contributed by atoms with Crippen LogP contribution in [0, 0.1) is 5.82 Å². The molecule has 3 aromatic rings. The minimum absolute atomic E-state index is 0.0977. The van der Waals surface area contributed by atoms with Gasteiger partial charge in [0.15, 0.2) is 0 Å². The first-order chi connectivity index (χ1) is 13.5. The van der Waals surface area contributed by atoms with E-state index in [-0.39, 0.29) is 23.0 Å². The third-order valence-corrected chi connectivity index (χ3v) is 4.16. The molecule has 0 aliphatic carbocycles. The van der Waals surface area contributed by atoms with Crippen LogP contribution in [0.15, 0.2) is 71.8 Å². The summed E-state index contributed by atoms with van der Waals surface area (Å²) >= 11 is 5.79. The van der Waals surface area contributed by atoms with Crippen LogP contribution in [-0.4, -0.2) is 12.2 Å². The number of hydrogen-bond donors (Lipinski definition) is 1. The highest BCUT2D eigenvalue weighted by atomic mass is 35.5. The van der Waals surface area contributed by atoms with E-state index < -0.39 is 5.97 Å². The third-order valence-electron chi connectivity index (χ3n) is 3.83. The smallest absolute Gasteiger partial charge is 0.129 e. The van der Waals surface area contributed by atoms with Crippen molar-refractivity contribution in [3.8, 4) is 5.75 Å². The zero-order chi connectivity index (χ0) is 19.9. The fraction of sp³-hybridized carbons (Fsp3) is 0.0476. The number of hydrogen-bond acceptors (Lipinski definition) is 5. The first-order valence-corrected chi connectivity index (χ1v) is 8.67. The second kappa shape index (κ2) is 9.01. The van der Waals surface area contributed by atoms with Gasteiger partial charge in [-0.25, -0.2) is 4.39 Å². The van der Waals surface area contributed by atoms with Crippen LogP contribution in [0.25, 0.3) is 0 Å². The number of carboxylic acids is 1. The van der Waals surface area contributed by atoms with Gasteiger partial charge in [0.2, 0.25) is 0 Å². The van der Waals surface area contributed by atoms with E-state index in [9.17, 15) is 14.3 Å². The van der Waals surface area contributed by atoms with E-state index in [1.165, 1.54) is 18.2 Å². The molecule has 0 amide bonds. The molecule has 3 aromatic carbocycles. The second-order valence-electron chi connectivity index (χ2n) is 5.80. The van der Waals surface area contributed by atoms with E-state index in [4.69, 9.17) is 16.3 Å². The van der Waals surface area contributed by atoms with E-state index in [2.05, 4.69) is 10.5 Å². The van der Waals surface area contributed by atoms with E-state index in [0.717, 1.165) is 5.56 Å².